The number of esters is 1. The highest BCUT2D eigenvalue weighted by Crippen LogP contribution is 2.37. The molecule has 5 nitrogen and oxygen atoms in total. The van der Waals surface area contributed by atoms with Crippen LogP contribution in [0, 0.1) is 34.6 Å². The normalized spacial score (nSPS) is 10.7. The van der Waals surface area contributed by atoms with E-state index in [-0.39, 0.29) is 19.1 Å². The van der Waals surface area contributed by atoms with E-state index in [1.54, 1.807) is 6.92 Å². The lowest BCUT2D eigenvalue weighted by Crippen LogP contribution is -2.21. The standard InChI is InChI=1S/C26H29NO4S/c1-7-30-26(29)24-21(20-9-8-16(3)17(4)12-20)14-32-25(24)27-23(28)13-31-22-11-15(2)10-18(5)19(22)6/h8-12,14H,7,13H2,1-6H3,(H,27,28). The number of rotatable bonds is 7. The van der Waals surface area contributed by atoms with Crippen molar-refractivity contribution in [1.29, 1.82) is 0 Å². The molecule has 2 aromatic carbocycles. The minimum Gasteiger partial charge on any atom is -0.483 e. The first kappa shape index (κ1) is 23.5. The first-order chi connectivity index (χ1) is 15.2. The summed E-state index contributed by atoms with van der Waals surface area (Å²) in [5, 5.41) is 5.18. The van der Waals surface area contributed by atoms with E-state index in [0.717, 1.165) is 33.4 Å². The zero-order valence-electron chi connectivity index (χ0n) is 19.4. The fourth-order valence-electron chi connectivity index (χ4n) is 3.43. The second-order valence-corrected chi connectivity index (χ2v) is 8.79. The Morgan fingerprint density at radius 3 is 2.41 bits per heavy atom. The lowest BCUT2D eigenvalue weighted by Gasteiger charge is -2.13. The molecule has 3 rings (SSSR count). The molecule has 3 aromatic rings. The van der Waals surface area contributed by atoms with Gasteiger partial charge in [-0.25, -0.2) is 4.79 Å². The fourth-order valence-corrected chi connectivity index (χ4v) is 4.41. The van der Waals surface area contributed by atoms with E-state index < -0.39 is 5.97 Å². The third-order valence-corrected chi connectivity index (χ3v) is 6.36. The first-order valence-electron chi connectivity index (χ1n) is 10.6. The van der Waals surface area contributed by atoms with Gasteiger partial charge in [0.25, 0.3) is 5.91 Å². The second kappa shape index (κ2) is 10.0. The third kappa shape index (κ3) is 5.19. The Morgan fingerprint density at radius 1 is 0.969 bits per heavy atom. The SMILES string of the molecule is CCOC(=O)c1c(-c2ccc(C)c(C)c2)csc1NC(=O)COc1cc(C)cc(C)c1C. The average molecular weight is 452 g/mol. The molecular weight excluding hydrogens is 422 g/mol. The van der Waals surface area contributed by atoms with E-state index >= 15 is 0 Å². The monoisotopic (exact) mass is 451 g/mol. The van der Waals surface area contributed by atoms with Gasteiger partial charge in [0, 0.05) is 10.9 Å². The first-order valence-corrected chi connectivity index (χ1v) is 11.5. The molecule has 0 radical (unpaired) electrons. The van der Waals surface area contributed by atoms with Crippen molar-refractivity contribution in [1.82, 2.24) is 0 Å². The number of benzene rings is 2. The molecule has 1 amide bonds. The van der Waals surface area contributed by atoms with Gasteiger partial charge in [-0.15, -0.1) is 11.3 Å². The van der Waals surface area contributed by atoms with Crippen molar-refractivity contribution < 1.29 is 19.1 Å². The lowest BCUT2D eigenvalue weighted by molar-refractivity contribution is -0.118. The Morgan fingerprint density at radius 2 is 1.72 bits per heavy atom. The average Bonchev–Trinajstić information content (AvgIpc) is 3.15. The van der Waals surface area contributed by atoms with Crippen LogP contribution in [0.3, 0.4) is 0 Å². The predicted octanol–water partition coefficient (Wildman–Crippen LogP) is 6.15. The molecule has 168 valence electrons. The zero-order valence-corrected chi connectivity index (χ0v) is 20.2. The highest BCUT2D eigenvalue weighted by atomic mass is 32.1. The molecule has 0 fully saturated rings. The maximum Gasteiger partial charge on any atom is 0.341 e. The molecular formula is C26H29NO4S. The maximum absolute atomic E-state index is 12.8. The summed E-state index contributed by atoms with van der Waals surface area (Å²) in [7, 11) is 0. The molecule has 1 aromatic heterocycles. The van der Waals surface area contributed by atoms with Gasteiger partial charge in [0.15, 0.2) is 6.61 Å². The summed E-state index contributed by atoms with van der Waals surface area (Å²) >= 11 is 1.30. The molecule has 6 heteroatoms. The van der Waals surface area contributed by atoms with E-state index in [0.29, 0.717) is 16.3 Å². The molecule has 0 aliphatic carbocycles. The summed E-state index contributed by atoms with van der Waals surface area (Å²) < 4.78 is 11.1. The van der Waals surface area contributed by atoms with Gasteiger partial charge in [-0.2, -0.15) is 0 Å². The van der Waals surface area contributed by atoms with Crippen molar-refractivity contribution in [3.05, 3.63) is 69.1 Å². The van der Waals surface area contributed by atoms with Crippen molar-refractivity contribution in [2.75, 3.05) is 18.5 Å². The molecule has 1 heterocycles. The van der Waals surface area contributed by atoms with Crippen LogP contribution in [0.5, 0.6) is 5.75 Å². The van der Waals surface area contributed by atoms with E-state index in [4.69, 9.17) is 9.47 Å². The van der Waals surface area contributed by atoms with Crippen LogP contribution < -0.4 is 10.1 Å². The Hall–Kier alpha value is -3.12. The largest absolute Gasteiger partial charge is 0.483 e. The number of carbonyl (C=O) groups is 2. The summed E-state index contributed by atoms with van der Waals surface area (Å²) in [4.78, 5) is 25.4. The van der Waals surface area contributed by atoms with Crippen LogP contribution in [0.1, 0.15) is 45.1 Å². The van der Waals surface area contributed by atoms with Gasteiger partial charge in [-0.1, -0.05) is 24.3 Å². The number of anilines is 1. The maximum atomic E-state index is 12.8. The van der Waals surface area contributed by atoms with Crippen molar-refractivity contribution >= 4 is 28.2 Å². The third-order valence-electron chi connectivity index (χ3n) is 5.46. The van der Waals surface area contributed by atoms with Crippen LogP contribution in [0.2, 0.25) is 0 Å². The van der Waals surface area contributed by atoms with Crippen molar-refractivity contribution in [2.45, 2.75) is 41.5 Å². The van der Waals surface area contributed by atoms with Crippen LogP contribution in [-0.2, 0) is 9.53 Å². The summed E-state index contributed by atoms with van der Waals surface area (Å²) in [5.74, 6) is -0.101. The van der Waals surface area contributed by atoms with Gasteiger partial charge in [0.2, 0.25) is 0 Å². The molecule has 0 atom stereocenters. The summed E-state index contributed by atoms with van der Waals surface area (Å²) in [6, 6.07) is 10.0. The number of amides is 1. The number of hydrogen-bond acceptors (Lipinski definition) is 5. The van der Waals surface area contributed by atoms with Gasteiger partial charge < -0.3 is 14.8 Å². The van der Waals surface area contributed by atoms with Crippen LogP contribution in [0.15, 0.2) is 35.7 Å². The quantitative estimate of drug-likeness (QED) is 0.438. The van der Waals surface area contributed by atoms with Crippen molar-refractivity contribution in [3.63, 3.8) is 0 Å². The van der Waals surface area contributed by atoms with Crippen molar-refractivity contribution in [2.24, 2.45) is 0 Å². The highest BCUT2D eigenvalue weighted by molar-refractivity contribution is 7.15. The molecule has 0 saturated carbocycles. The zero-order chi connectivity index (χ0) is 23.4. The number of ether oxygens (including phenoxy) is 2. The minimum absolute atomic E-state index is 0.150. The fraction of sp³-hybridized carbons (Fsp3) is 0.308. The van der Waals surface area contributed by atoms with E-state index in [1.165, 1.54) is 16.9 Å². The Balaban J connectivity index is 1.84. The van der Waals surface area contributed by atoms with E-state index in [2.05, 4.69) is 11.4 Å². The number of carbonyl (C=O) groups excluding carboxylic acids is 2. The van der Waals surface area contributed by atoms with Gasteiger partial charge in [-0.3, -0.25) is 4.79 Å². The smallest absolute Gasteiger partial charge is 0.341 e. The summed E-state index contributed by atoms with van der Waals surface area (Å²) in [6.45, 7) is 11.9. The van der Waals surface area contributed by atoms with Gasteiger partial charge in [-0.05, 0) is 81.0 Å². The second-order valence-electron chi connectivity index (χ2n) is 7.91. The number of thiophene rings is 1. The number of nitrogens with one attached hydrogen (secondary N) is 1. The summed E-state index contributed by atoms with van der Waals surface area (Å²) in [6.07, 6.45) is 0. The van der Waals surface area contributed by atoms with Crippen molar-refractivity contribution in [3.8, 4) is 16.9 Å². The summed E-state index contributed by atoms with van der Waals surface area (Å²) in [5.41, 5.74) is 7.53. The lowest BCUT2D eigenvalue weighted by atomic mass is 9.99. The van der Waals surface area contributed by atoms with Crippen LogP contribution in [0.25, 0.3) is 11.1 Å². The topological polar surface area (TPSA) is 64.6 Å². The molecule has 0 aliphatic rings. The molecule has 0 aliphatic heterocycles. The molecule has 0 unspecified atom stereocenters. The molecule has 0 bridgehead atoms. The minimum atomic E-state index is -0.455. The van der Waals surface area contributed by atoms with Crippen LogP contribution in [-0.4, -0.2) is 25.1 Å². The predicted molar refractivity (Wildman–Crippen MR) is 130 cm³/mol. The van der Waals surface area contributed by atoms with Gasteiger partial charge in [0.05, 0.1) is 6.61 Å². The van der Waals surface area contributed by atoms with Crippen LogP contribution in [0.4, 0.5) is 5.00 Å². The Kier molecular flexibility index (Phi) is 7.36. The Labute approximate surface area is 193 Å². The van der Waals surface area contributed by atoms with E-state index in [1.807, 2.05) is 64.3 Å². The molecule has 1 N–H and O–H groups in total. The molecule has 0 saturated heterocycles. The van der Waals surface area contributed by atoms with Gasteiger partial charge in [0.1, 0.15) is 16.3 Å². The molecule has 0 spiro atoms. The highest BCUT2D eigenvalue weighted by Gasteiger charge is 2.23. The van der Waals surface area contributed by atoms with Crippen LogP contribution >= 0.6 is 11.3 Å². The number of aryl methyl sites for hydroxylation is 4. The molecule has 32 heavy (non-hydrogen) atoms. The van der Waals surface area contributed by atoms with E-state index in [9.17, 15) is 9.59 Å². The number of hydrogen-bond donors (Lipinski definition) is 1. The van der Waals surface area contributed by atoms with Gasteiger partial charge >= 0.3 is 5.97 Å². The Bertz CT molecular complexity index is 1160.